The summed E-state index contributed by atoms with van der Waals surface area (Å²) in [6.07, 6.45) is 3.74. The predicted molar refractivity (Wildman–Crippen MR) is 74.7 cm³/mol. The SMILES string of the molecule is CCCCS/C(N)=N\N=C/c1ccccc1O. The zero-order valence-corrected chi connectivity index (χ0v) is 10.7. The highest BCUT2D eigenvalue weighted by molar-refractivity contribution is 8.13. The van der Waals surface area contributed by atoms with Crippen molar-refractivity contribution in [3.8, 4) is 5.75 Å². The lowest BCUT2D eigenvalue weighted by molar-refractivity contribution is 0.474. The van der Waals surface area contributed by atoms with E-state index in [1.54, 1.807) is 18.2 Å². The van der Waals surface area contributed by atoms with E-state index < -0.39 is 0 Å². The summed E-state index contributed by atoms with van der Waals surface area (Å²) in [5.41, 5.74) is 6.28. The second-order valence-electron chi connectivity index (χ2n) is 3.44. The van der Waals surface area contributed by atoms with Crippen molar-refractivity contribution in [2.24, 2.45) is 15.9 Å². The number of phenols is 1. The number of thioether (sulfide) groups is 1. The van der Waals surface area contributed by atoms with Gasteiger partial charge in [0.2, 0.25) is 0 Å². The zero-order chi connectivity index (χ0) is 12.5. The largest absolute Gasteiger partial charge is 0.507 e. The summed E-state index contributed by atoms with van der Waals surface area (Å²) in [6.45, 7) is 2.13. The molecule has 0 aliphatic rings. The van der Waals surface area contributed by atoms with Crippen LogP contribution in [0.25, 0.3) is 0 Å². The highest BCUT2D eigenvalue weighted by Crippen LogP contribution is 2.12. The Labute approximate surface area is 106 Å². The number of benzene rings is 1. The Kier molecular flexibility index (Phi) is 6.17. The maximum Gasteiger partial charge on any atom is 0.180 e. The van der Waals surface area contributed by atoms with Crippen molar-refractivity contribution < 1.29 is 5.11 Å². The summed E-state index contributed by atoms with van der Waals surface area (Å²) in [7, 11) is 0. The molecule has 0 spiro atoms. The van der Waals surface area contributed by atoms with Crippen LogP contribution in [0.1, 0.15) is 25.3 Å². The van der Waals surface area contributed by atoms with E-state index >= 15 is 0 Å². The van der Waals surface area contributed by atoms with Crippen LogP contribution in [0.15, 0.2) is 34.5 Å². The lowest BCUT2D eigenvalue weighted by atomic mass is 10.2. The summed E-state index contributed by atoms with van der Waals surface area (Å²) >= 11 is 1.49. The smallest absolute Gasteiger partial charge is 0.180 e. The summed E-state index contributed by atoms with van der Waals surface area (Å²) < 4.78 is 0. The Morgan fingerprint density at radius 1 is 1.47 bits per heavy atom. The molecule has 0 bridgehead atoms. The molecule has 92 valence electrons. The summed E-state index contributed by atoms with van der Waals surface area (Å²) in [6, 6.07) is 6.94. The monoisotopic (exact) mass is 251 g/mol. The van der Waals surface area contributed by atoms with Gasteiger partial charge < -0.3 is 10.8 Å². The molecule has 5 heteroatoms. The Hall–Kier alpha value is -1.49. The number of nitrogens with zero attached hydrogens (tertiary/aromatic N) is 2. The van der Waals surface area contributed by atoms with Crippen LogP contribution in [-0.2, 0) is 0 Å². The molecule has 0 radical (unpaired) electrons. The number of nitrogens with two attached hydrogens (primary N) is 1. The normalized spacial score (nSPS) is 12.2. The number of hydrogen-bond acceptors (Lipinski definition) is 4. The highest BCUT2D eigenvalue weighted by Gasteiger charge is 1.95. The van der Waals surface area contributed by atoms with Crippen LogP contribution in [-0.4, -0.2) is 22.2 Å². The standard InChI is InChI=1S/C12H17N3OS/c1-2-3-8-17-12(13)15-14-9-10-6-4-5-7-11(10)16/h4-7,9,16H,2-3,8H2,1H3,(H2,13,15)/b14-9-. The summed E-state index contributed by atoms with van der Waals surface area (Å²) in [4.78, 5) is 0. The van der Waals surface area contributed by atoms with E-state index in [-0.39, 0.29) is 5.75 Å². The lowest BCUT2D eigenvalue weighted by Crippen LogP contribution is -2.06. The van der Waals surface area contributed by atoms with Gasteiger partial charge in [-0.1, -0.05) is 37.2 Å². The van der Waals surface area contributed by atoms with E-state index in [1.165, 1.54) is 18.0 Å². The third-order valence-electron chi connectivity index (χ3n) is 2.04. The minimum absolute atomic E-state index is 0.184. The van der Waals surface area contributed by atoms with Crippen molar-refractivity contribution in [2.45, 2.75) is 19.8 Å². The first-order valence-electron chi connectivity index (χ1n) is 5.51. The molecule has 0 heterocycles. The predicted octanol–water partition coefficient (Wildman–Crippen LogP) is 2.57. The fraction of sp³-hybridized carbons (Fsp3) is 0.333. The molecule has 1 aromatic rings. The average Bonchev–Trinajstić information content (AvgIpc) is 2.32. The first-order chi connectivity index (χ1) is 8.24. The zero-order valence-electron chi connectivity index (χ0n) is 9.84. The Bertz CT molecular complexity index is 404. The van der Waals surface area contributed by atoms with Crippen molar-refractivity contribution in [3.63, 3.8) is 0 Å². The first-order valence-corrected chi connectivity index (χ1v) is 6.50. The third kappa shape index (κ3) is 5.40. The molecule has 17 heavy (non-hydrogen) atoms. The first kappa shape index (κ1) is 13.6. The van der Waals surface area contributed by atoms with Crippen molar-refractivity contribution in [1.82, 2.24) is 0 Å². The van der Waals surface area contributed by atoms with Crippen LogP contribution in [0.5, 0.6) is 5.75 Å². The molecule has 0 aliphatic heterocycles. The number of phenolic OH excluding ortho intramolecular Hbond substituents is 1. The average molecular weight is 251 g/mol. The van der Waals surface area contributed by atoms with E-state index in [2.05, 4.69) is 17.1 Å². The lowest BCUT2D eigenvalue weighted by Gasteiger charge is -1.97. The van der Waals surface area contributed by atoms with Gasteiger partial charge >= 0.3 is 0 Å². The molecule has 0 aliphatic carbocycles. The third-order valence-corrected chi connectivity index (χ3v) is 2.91. The summed E-state index contributed by atoms with van der Waals surface area (Å²) in [5.74, 6) is 1.14. The van der Waals surface area contributed by atoms with E-state index in [0.717, 1.165) is 18.6 Å². The number of para-hydroxylation sites is 1. The Morgan fingerprint density at radius 2 is 2.24 bits per heavy atom. The highest BCUT2D eigenvalue weighted by atomic mass is 32.2. The quantitative estimate of drug-likeness (QED) is 0.366. The number of amidine groups is 1. The fourth-order valence-corrected chi connectivity index (χ4v) is 1.84. The van der Waals surface area contributed by atoms with Gasteiger partial charge in [-0.2, -0.15) is 5.10 Å². The van der Waals surface area contributed by atoms with E-state index in [9.17, 15) is 5.11 Å². The van der Waals surface area contributed by atoms with Crippen LogP contribution in [0, 0.1) is 0 Å². The maximum atomic E-state index is 9.47. The molecule has 0 aromatic heterocycles. The van der Waals surface area contributed by atoms with Crippen LogP contribution in [0.4, 0.5) is 0 Å². The minimum atomic E-state index is 0.184. The molecule has 3 N–H and O–H groups in total. The van der Waals surface area contributed by atoms with E-state index in [1.807, 2.05) is 6.07 Å². The van der Waals surface area contributed by atoms with E-state index in [0.29, 0.717) is 10.7 Å². The molecule has 0 unspecified atom stereocenters. The molecule has 0 saturated carbocycles. The van der Waals surface area contributed by atoms with Crippen molar-refractivity contribution in [1.29, 1.82) is 0 Å². The maximum absolute atomic E-state index is 9.47. The van der Waals surface area contributed by atoms with Gasteiger partial charge in [0.15, 0.2) is 5.17 Å². The van der Waals surface area contributed by atoms with Gasteiger partial charge in [0, 0.05) is 11.3 Å². The van der Waals surface area contributed by atoms with Gasteiger partial charge in [-0.3, -0.25) is 0 Å². The molecule has 4 nitrogen and oxygen atoms in total. The molecular weight excluding hydrogens is 234 g/mol. The van der Waals surface area contributed by atoms with Gasteiger partial charge in [-0.25, -0.2) is 0 Å². The topological polar surface area (TPSA) is 71.0 Å². The molecular formula is C12H17N3OS. The molecule has 0 fully saturated rings. The second-order valence-corrected chi connectivity index (χ2v) is 4.56. The molecule has 0 atom stereocenters. The minimum Gasteiger partial charge on any atom is -0.507 e. The van der Waals surface area contributed by atoms with Gasteiger partial charge in [0.1, 0.15) is 5.75 Å². The van der Waals surface area contributed by atoms with Crippen LogP contribution in [0.3, 0.4) is 0 Å². The fourth-order valence-electron chi connectivity index (χ4n) is 1.09. The van der Waals surface area contributed by atoms with Gasteiger partial charge in [0.05, 0.1) is 6.21 Å². The van der Waals surface area contributed by atoms with Crippen LogP contribution in [0.2, 0.25) is 0 Å². The van der Waals surface area contributed by atoms with Crippen LogP contribution >= 0.6 is 11.8 Å². The van der Waals surface area contributed by atoms with Crippen LogP contribution < -0.4 is 5.73 Å². The van der Waals surface area contributed by atoms with Crippen molar-refractivity contribution >= 4 is 23.1 Å². The number of hydrogen-bond donors (Lipinski definition) is 2. The molecule has 0 saturated heterocycles. The van der Waals surface area contributed by atoms with Gasteiger partial charge in [-0.05, 0) is 18.6 Å². The second kappa shape index (κ2) is 7.73. The summed E-state index contributed by atoms with van der Waals surface area (Å²) in [5, 5.41) is 17.6. The number of rotatable bonds is 5. The molecule has 1 aromatic carbocycles. The van der Waals surface area contributed by atoms with Crippen molar-refractivity contribution in [3.05, 3.63) is 29.8 Å². The Morgan fingerprint density at radius 3 is 2.94 bits per heavy atom. The molecule has 1 rings (SSSR count). The Balaban J connectivity index is 2.49. The van der Waals surface area contributed by atoms with Crippen molar-refractivity contribution in [2.75, 3.05) is 5.75 Å². The van der Waals surface area contributed by atoms with E-state index in [4.69, 9.17) is 5.73 Å². The molecule has 0 amide bonds. The number of unbranched alkanes of at least 4 members (excludes halogenated alkanes) is 1. The van der Waals surface area contributed by atoms with Gasteiger partial charge in [-0.15, -0.1) is 5.10 Å². The van der Waals surface area contributed by atoms with Gasteiger partial charge in [0.25, 0.3) is 0 Å². The number of aromatic hydroxyl groups is 1.